The van der Waals surface area contributed by atoms with Crippen LogP contribution in [0, 0.1) is 0 Å². The fourth-order valence-corrected chi connectivity index (χ4v) is 1.86. The highest BCUT2D eigenvalue weighted by Gasteiger charge is 2.16. The zero-order valence-electron chi connectivity index (χ0n) is 8.24. The van der Waals surface area contributed by atoms with E-state index in [0.717, 1.165) is 24.6 Å². The van der Waals surface area contributed by atoms with Gasteiger partial charge in [0.1, 0.15) is 5.82 Å². The van der Waals surface area contributed by atoms with Crippen molar-refractivity contribution in [3.63, 3.8) is 0 Å². The van der Waals surface area contributed by atoms with E-state index < -0.39 is 0 Å². The van der Waals surface area contributed by atoms with E-state index in [2.05, 4.69) is 15.3 Å². The van der Waals surface area contributed by atoms with E-state index in [1.54, 1.807) is 0 Å². The molecule has 14 heavy (non-hydrogen) atoms. The van der Waals surface area contributed by atoms with Gasteiger partial charge in [-0.1, -0.05) is 0 Å². The number of nitrogens with one attached hydrogen (secondary N) is 1. The molecule has 3 N–H and O–H groups in total. The molecule has 4 nitrogen and oxygen atoms in total. The molecule has 1 saturated heterocycles. The van der Waals surface area contributed by atoms with Crippen LogP contribution in [0.25, 0.3) is 0 Å². The third-order valence-corrected chi connectivity index (χ3v) is 2.67. The van der Waals surface area contributed by atoms with Gasteiger partial charge in [-0.2, -0.15) is 0 Å². The molecule has 0 bridgehead atoms. The molecular weight excluding hydrogens is 176 g/mol. The predicted octanol–water partition coefficient (Wildman–Crippen LogP) is 0.402. The van der Waals surface area contributed by atoms with Crippen LogP contribution in [0.1, 0.15) is 30.3 Å². The largest absolute Gasteiger partial charge is 0.324 e. The number of piperidine rings is 1. The van der Waals surface area contributed by atoms with Crippen LogP contribution in [0.5, 0.6) is 0 Å². The standard InChI is InChI=1S/C10H16N4/c11-7-10-13-6-3-9(14-10)8-1-4-12-5-2-8/h3,6,8,12H,1-2,4-5,7,11H2. The summed E-state index contributed by atoms with van der Waals surface area (Å²) in [7, 11) is 0. The minimum atomic E-state index is 0.429. The van der Waals surface area contributed by atoms with E-state index in [0.29, 0.717) is 12.5 Å². The van der Waals surface area contributed by atoms with Gasteiger partial charge in [0.2, 0.25) is 0 Å². The summed E-state index contributed by atoms with van der Waals surface area (Å²) in [5, 5.41) is 3.34. The van der Waals surface area contributed by atoms with Crippen molar-refractivity contribution in [1.82, 2.24) is 15.3 Å². The molecule has 76 valence electrons. The van der Waals surface area contributed by atoms with Gasteiger partial charge in [0, 0.05) is 17.8 Å². The maximum absolute atomic E-state index is 5.51. The third kappa shape index (κ3) is 2.08. The Morgan fingerprint density at radius 1 is 1.43 bits per heavy atom. The van der Waals surface area contributed by atoms with E-state index in [1.165, 1.54) is 12.8 Å². The minimum absolute atomic E-state index is 0.429. The summed E-state index contributed by atoms with van der Waals surface area (Å²) in [4.78, 5) is 8.55. The summed E-state index contributed by atoms with van der Waals surface area (Å²) < 4.78 is 0. The SMILES string of the molecule is NCc1nccc(C2CCNCC2)n1. The highest BCUT2D eigenvalue weighted by molar-refractivity contribution is 5.09. The molecule has 4 heteroatoms. The number of nitrogens with zero attached hydrogens (tertiary/aromatic N) is 2. The van der Waals surface area contributed by atoms with E-state index in [9.17, 15) is 0 Å². The van der Waals surface area contributed by atoms with Gasteiger partial charge in [-0.3, -0.25) is 0 Å². The maximum Gasteiger partial charge on any atom is 0.142 e. The lowest BCUT2D eigenvalue weighted by Crippen LogP contribution is -2.27. The topological polar surface area (TPSA) is 63.8 Å². The Labute approximate surface area is 83.9 Å². The molecule has 1 aromatic rings. The Bertz CT molecular complexity index is 294. The third-order valence-electron chi connectivity index (χ3n) is 2.67. The first-order chi connectivity index (χ1) is 6.90. The summed E-state index contributed by atoms with van der Waals surface area (Å²) in [6.07, 6.45) is 4.15. The summed E-state index contributed by atoms with van der Waals surface area (Å²) in [5.74, 6) is 1.34. The molecule has 2 heterocycles. The second-order valence-corrected chi connectivity index (χ2v) is 3.63. The van der Waals surface area contributed by atoms with E-state index >= 15 is 0 Å². The quantitative estimate of drug-likeness (QED) is 0.712. The van der Waals surface area contributed by atoms with Crippen LogP contribution in [0.3, 0.4) is 0 Å². The first-order valence-electron chi connectivity index (χ1n) is 5.13. The van der Waals surface area contributed by atoms with Gasteiger partial charge in [0.15, 0.2) is 0 Å². The van der Waals surface area contributed by atoms with Gasteiger partial charge in [-0.15, -0.1) is 0 Å². The van der Waals surface area contributed by atoms with Crippen molar-refractivity contribution in [2.75, 3.05) is 13.1 Å². The Morgan fingerprint density at radius 3 is 2.93 bits per heavy atom. The number of hydrogen-bond donors (Lipinski definition) is 2. The lowest BCUT2D eigenvalue weighted by Gasteiger charge is -2.22. The average Bonchev–Trinajstić information content (AvgIpc) is 2.30. The zero-order valence-corrected chi connectivity index (χ0v) is 8.24. The van der Waals surface area contributed by atoms with Crippen molar-refractivity contribution in [3.05, 3.63) is 23.8 Å². The lowest BCUT2D eigenvalue weighted by atomic mass is 9.94. The molecule has 1 fully saturated rings. The summed E-state index contributed by atoms with van der Waals surface area (Å²) in [6, 6.07) is 2.01. The van der Waals surface area contributed by atoms with Gasteiger partial charge in [-0.05, 0) is 32.0 Å². The van der Waals surface area contributed by atoms with Gasteiger partial charge >= 0.3 is 0 Å². The molecule has 0 saturated carbocycles. The molecule has 0 amide bonds. The van der Waals surface area contributed by atoms with Gasteiger partial charge < -0.3 is 11.1 Å². The molecule has 1 aromatic heterocycles. The Balaban J connectivity index is 2.13. The molecule has 0 radical (unpaired) electrons. The van der Waals surface area contributed by atoms with Crippen LogP contribution >= 0.6 is 0 Å². The molecular formula is C10H16N4. The summed E-state index contributed by atoms with van der Waals surface area (Å²) >= 11 is 0. The average molecular weight is 192 g/mol. The van der Waals surface area contributed by atoms with E-state index in [4.69, 9.17) is 5.73 Å². The van der Waals surface area contributed by atoms with Crippen molar-refractivity contribution in [2.24, 2.45) is 5.73 Å². The van der Waals surface area contributed by atoms with Crippen molar-refractivity contribution in [2.45, 2.75) is 25.3 Å². The van der Waals surface area contributed by atoms with Crippen LogP contribution in [-0.2, 0) is 6.54 Å². The highest BCUT2D eigenvalue weighted by Crippen LogP contribution is 2.22. The summed E-state index contributed by atoms with van der Waals surface area (Å²) in [5.41, 5.74) is 6.67. The molecule has 2 rings (SSSR count). The predicted molar refractivity (Wildman–Crippen MR) is 54.8 cm³/mol. The van der Waals surface area contributed by atoms with Crippen LogP contribution in [0.2, 0.25) is 0 Å². The lowest BCUT2D eigenvalue weighted by molar-refractivity contribution is 0.451. The van der Waals surface area contributed by atoms with Gasteiger partial charge in [0.25, 0.3) is 0 Å². The Kier molecular flexibility index (Phi) is 3.06. The first kappa shape index (κ1) is 9.55. The fourth-order valence-electron chi connectivity index (χ4n) is 1.86. The van der Waals surface area contributed by atoms with Crippen LogP contribution in [-0.4, -0.2) is 23.1 Å². The first-order valence-corrected chi connectivity index (χ1v) is 5.13. The molecule has 1 aliphatic rings. The van der Waals surface area contributed by atoms with Crippen molar-refractivity contribution >= 4 is 0 Å². The van der Waals surface area contributed by atoms with Crippen molar-refractivity contribution < 1.29 is 0 Å². The van der Waals surface area contributed by atoms with E-state index in [1.807, 2.05) is 12.3 Å². The molecule has 0 atom stereocenters. The maximum atomic E-state index is 5.51. The normalized spacial score (nSPS) is 18.4. The number of rotatable bonds is 2. The van der Waals surface area contributed by atoms with Crippen molar-refractivity contribution in [3.8, 4) is 0 Å². The smallest absolute Gasteiger partial charge is 0.142 e. The van der Waals surface area contributed by atoms with Gasteiger partial charge in [0.05, 0.1) is 6.54 Å². The minimum Gasteiger partial charge on any atom is -0.324 e. The van der Waals surface area contributed by atoms with Crippen LogP contribution < -0.4 is 11.1 Å². The second kappa shape index (κ2) is 4.48. The Morgan fingerprint density at radius 2 is 2.21 bits per heavy atom. The summed E-state index contributed by atoms with van der Waals surface area (Å²) in [6.45, 7) is 2.61. The van der Waals surface area contributed by atoms with Crippen molar-refractivity contribution in [1.29, 1.82) is 0 Å². The van der Waals surface area contributed by atoms with Crippen LogP contribution in [0.15, 0.2) is 12.3 Å². The Hall–Kier alpha value is -1.00. The van der Waals surface area contributed by atoms with E-state index in [-0.39, 0.29) is 0 Å². The molecule has 0 aliphatic carbocycles. The molecule has 0 unspecified atom stereocenters. The fraction of sp³-hybridized carbons (Fsp3) is 0.600. The molecule has 0 spiro atoms. The second-order valence-electron chi connectivity index (χ2n) is 3.63. The van der Waals surface area contributed by atoms with Crippen LogP contribution in [0.4, 0.5) is 0 Å². The highest BCUT2D eigenvalue weighted by atomic mass is 14.9. The van der Waals surface area contributed by atoms with Gasteiger partial charge in [-0.25, -0.2) is 9.97 Å². The number of nitrogens with two attached hydrogens (primary N) is 1. The molecule has 0 aromatic carbocycles. The zero-order chi connectivity index (χ0) is 9.80. The molecule has 1 aliphatic heterocycles. The number of hydrogen-bond acceptors (Lipinski definition) is 4. The number of aromatic nitrogens is 2. The monoisotopic (exact) mass is 192 g/mol.